The van der Waals surface area contributed by atoms with Crippen molar-refractivity contribution in [2.45, 2.75) is 6.04 Å². The second kappa shape index (κ2) is 4.99. The zero-order valence-corrected chi connectivity index (χ0v) is 10.8. The Morgan fingerprint density at radius 1 is 1.50 bits per heavy atom. The molecule has 84 valence electrons. The molecule has 0 saturated heterocycles. The van der Waals surface area contributed by atoms with Gasteiger partial charge in [-0.15, -0.1) is 0 Å². The molecule has 0 aliphatic heterocycles. The lowest BCUT2D eigenvalue weighted by Crippen LogP contribution is -2.19. The van der Waals surface area contributed by atoms with E-state index in [4.69, 9.17) is 0 Å². The van der Waals surface area contributed by atoms with Crippen LogP contribution in [0.25, 0.3) is 0 Å². The van der Waals surface area contributed by atoms with Crippen molar-refractivity contribution in [1.29, 1.82) is 0 Å². The number of rotatable bonds is 3. The SMILES string of the molecule is CNC(c1cnsn1)c1cccc(Br)c1F. The molecule has 1 atom stereocenters. The Morgan fingerprint density at radius 2 is 2.31 bits per heavy atom. The number of benzene rings is 1. The highest BCUT2D eigenvalue weighted by Gasteiger charge is 2.19. The first-order valence-electron chi connectivity index (χ1n) is 4.62. The lowest BCUT2D eigenvalue weighted by Gasteiger charge is -2.15. The number of aromatic nitrogens is 2. The van der Waals surface area contributed by atoms with Gasteiger partial charge in [-0.05, 0) is 29.0 Å². The number of hydrogen-bond donors (Lipinski definition) is 1. The van der Waals surface area contributed by atoms with Crippen LogP contribution in [0, 0.1) is 5.82 Å². The predicted molar refractivity (Wildman–Crippen MR) is 64.9 cm³/mol. The maximum atomic E-state index is 13.9. The minimum absolute atomic E-state index is 0.267. The van der Waals surface area contributed by atoms with Gasteiger partial charge in [-0.2, -0.15) is 8.75 Å². The highest BCUT2D eigenvalue weighted by Crippen LogP contribution is 2.27. The lowest BCUT2D eigenvalue weighted by molar-refractivity contribution is 0.567. The molecule has 0 aliphatic rings. The standard InChI is InChI=1S/C10H9BrFN3S/c1-13-10(8-5-14-16-15-8)6-3-2-4-7(11)9(6)12/h2-5,10,13H,1H3. The van der Waals surface area contributed by atoms with Crippen LogP contribution in [0.5, 0.6) is 0 Å². The van der Waals surface area contributed by atoms with Gasteiger partial charge in [0.2, 0.25) is 0 Å². The first-order chi connectivity index (χ1) is 7.74. The van der Waals surface area contributed by atoms with Crippen molar-refractivity contribution in [1.82, 2.24) is 14.1 Å². The zero-order valence-electron chi connectivity index (χ0n) is 8.45. The van der Waals surface area contributed by atoms with E-state index in [2.05, 4.69) is 30.0 Å². The molecule has 1 aromatic carbocycles. The second-order valence-electron chi connectivity index (χ2n) is 3.20. The van der Waals surface area contributed by atoms with E-state index >= 15 is 0 Å². The summed E-state index contributed by atoms with van der Waals surface area (Å²) < 4.78 is 22.4. The summed E-state index contributed by atoms with van der Waals surface area (Å²) in [7, 11) is 1.77. The summed E-state index contributed by atoms with van der Waals surface area (Å²) in [6.45, 7) is 0. The van der Waals surface area contributed by atoms with E-state index in [0.717, 1.165) is 17.4 Å². The van der Waals surface area contributed by atoms with Crippen molar-refractivity contribution in [3.63, 3.8) is 0 Å². The maximum absolute atomic E-state index is 13.9. The van der Waals surface area contributed by atoms with Crippen LogP contribution >= 0.6 is 27.7 Å². The number of halogens is 2. The zero-order chi connectivity index (χ0) is 11.5. The molecule has 2 rings (SSSR count). The predicted octanol–water partition coefficient (Wildman–Crippen LogP) is 2.75. The van der Waals surface area contributed by atoms with Gasteiger partial charge in [0.1, 0.15) is 5.82 Å². The van der Waals surface area contributed by atoms with Crippen molar-refractivity contribution in [2.75, 3.05) is 7.05 Å². The minimum Gasteiger partial charge on any atom is -0.308 e. The average Bonchev–Trinajstić information content (AvgIpc) is 2.79. The number of hydrogen-bond acceptors (Lipinski definition) is 4. The average molecular weight is 302 g/mol. The summed E-state index contributed by atoms with van der Waals surface area (Å²) in [5.41, 5.74) is 1.29. The largest absolute Gasteiger partial charge is 0.308 e. The van der Waals surface area contributed by atoms with Gasteiger partial charge in [-0.3, -0.25) is 0 Å². The van der Waals surface area contributed by atoms with E-state index < -0.39 is 0 Å². The van der Waals surface area contributed by atoms with Gasteiger partial charge in [-0.1, -0.05) is 12.1 Å². The smallest absolute Gasteiger partial charge is 0.142 e. The summed E-state index contributed by atoms with van der Waals surface area (Å²) in [6.07, 6.45) is 1.65. The van der Waals surface area contributed by atoms with Gasteiger partial charge in [0.25, 0.3) is 0 Å². The van der Waals surface area contributed by atoms with Crippen molar-refractivity contribution >= 4 is 27.7 Å². The van der Waals surface area contributed by atoms with E-state index in [1.165, 1.54) is 0 Å². The normalized spacial score (nSPS) is 12.7. The molecule has 1 unspecified atom stereocenters. The van der Waals surface area contributed by atoms with E-state index in [-0.39, 0.29) is 11.9 Å². The van der Waals surface area contributed by atoms with Gasteiger partial charge >= 0.3 is 0 Å². The molecule has 1 aromatic heterocycles. The summed E-state index contributed by atoms with van der Waals surface area (Å²) in [5, 5.41) is 3.03. The van der Waals surface area contributed by atoms with E-state index in [0.29, 0.717) is 10.0 Å². The van der Waals surface area contributed by atoms with Crippen LogP contribution in [0.1, 0.15) is 17.3 Å². The molecule has 6 heteroatoms. The molecule has 0 radical (unpaired) electrons. The van der Waals surface area contributed by atoms with Crippen molar-refractivity contribution in [3.8, 4) is 0 Å². The molecule has 0 saturated carbocycles. The van der Waals surface area contributed by atoms with Gasteiger partial charge in [0.15, 0.2) is 0 Å². The maximum Gasteiger partial charge on any atom is 0.142 e. The monoisotopic (exact) mass is 301 g/mol. The van der Waals surface area contributed by atoms with Crippen LogP contribution in [0.4, 0.5) is 4.39 Å². The van der Waals surface area contributed by atoms with E-state index in [9.17, 15) is 4.39 Å². The highest BCUT2D eigenvalue weighted by atomic mass is 79.9. The third kappa shape index (κ3) is 2.14. The molecule has 0 fully saturated rings. The number of nitrogens with one attached hydrogen (secondary N) is 1. The van der Waals surface area contributed by atoms with Crippen molar-refractivity contribution in [3.05, 3.63) is 45.9 Å². The second-order valence-corrected chi connectivity index (χ2v) is 4.61. The fourth-order valence-electron chi connectivity index (χ4n) is 1.51. The molecule has 3 nitrogen and oxygen atoms in total. The fraction of sp³-hybridized carbons (Fsp3) is 0.200. The Bertz CT molecular complexity index is 475. The molecule has 16 heavy (non-hydrogen) atoms. The highest BCUT2D eigenvalue weighted by molar-refractivity contribution is 9.10. The van der Waals surface area contributed by atoms with Gasteiger partial charge in [0.05, 0.1) is 34.1 Å². The van der Waals surface area contributed by atoms with Gasteiger partial charge in [0, 0.05) is 5.56 Å². The van der Waals surface area contributed by atoms with Crippen molar-refractivity contribution in [2.24, 2.45) is 0 Å². The van der Waals surface area contributed by atoms with Crippen LogP contribution in [-0.4, -0.2) is 15.8 Å². The molecular formula is C10H9BrFN3S. The fourth-order valence-corrected chi connectivity index (χ4v) is 2.34. The van der Waals surface area contributed by atoms with Crippen LogP contribution in [0.3, 0.4) is 0 Å². The Labute approximate surface area is 105 Å². The Hall–Kier alpha value is -0.850. The molecule has 0 aliphatic carbocycles. The minimum atomic E-state index is -0.269. The van der Waals surface area contributed by atoms with Crippen molar-refractivity contribution < 1.29 is 4.39 Å². The van der Waals surface area contributed by atoms with Crippen LogP contribution in [-0.2, 0) is 0 Å². The molecule has 1 heterocycles. The summed E-state index contributed by atoms with van der Waals surface area (Å²) >= 11 is 4.28. The molecular weight excluding hydrogens is 293 g/mol. The topological polar surface area (TPSA) is 37.8 Å². The van der Waals surface area contributed by atoms with Crippen LogP contribution < -0.4 is 5.32 Å². The molecule has 2 aromatic rings. The summed E-state index contributed by atoms with van der Waals surface area (Å²) in [4.78, 5) is 0. The molecule has 0 spiro atoms. The quantitative estimate of drug-likeness (QED) is 0.947. The summed E-state index contributed by atoms with van der Waals surface area (Å²) in [6, 6.07) is 4.94. The van der Waals surface area contributed by atoms with Crippen LogP contribution in [0.15, 0.2) is 28.9 Å². The number of nitrogens with zero attached hydrogens (tertiary/aromatic N) is 2. The molecule has 0 amide bonds. The van der Waals surface area contributed by atoms with E-state index in [1.807, 2.05) is 0 Å². The summed E-state index contributed by atoms with van der Waals surface area (Å²) in [5.74, 6) is -0.269. The first-order valence-corrected chi connectivity index (χ1v) is 6.15. The third-order valence-electron chi connectivity index (χ3n) is 2.26. The van der Waals surface area contributed by atoms with Crippen LogP contribution in [0.2, 0.25) is 0 Å². The van der Waals surface area contributed by atoms with E-state index in [1.54, 1.807) is 31.4 Å². The molecule has 0 bridgehead atoms. The molecule has 1 N–H and O–H groups in total. The Morgan fingerprint density at radius 3 is 2.94 bits per heavy atom. The lowest BCUT2D eigenvalue weighted by atomic mass is 10.0. The Kier molecular flexibility index (Phi) is 3.63. The Balaban J connectivity index is 2.45. The van der Waals surface area contributed by atoms with Gasteiger partial charge < -0.3 is 5.32 Å². The van der Waals surface area contributed by atoms with Gasteiger partial charge in [-0.25, -0.2) is 4.39 Å². The third-order valence-corrected chi connectivity index (χ3v) is 3.36. The first kappa shape index (κ1) is 11.6.